The molecule has 0 atom stereocenters. The molecule has 5 heteroatoms. The normalized spacial score (nSPS) is 16.0. The summed E-state index contributed by atoms with van der Waals surface area (Å²) in [6.45, 7) is 0. The SMILES string of the molecule is O=C(NC1(c2ccc(Cl)cc2)CCC1)c1cccc2cn[nH]c12. The van der Waals surface area contributed by atoms with E-state index in [-0.39, 0.29) is 11.4 Å². The molecule has 0 unspecified atom stereocenters. The summed E-state index contributed by atoms with van der Waals surface area (Å²) in [5.41, 5.74) is 2.22. The second kappa shape index (κ2) is 5.39. The highest BCUT2D eigenvalue weighted by molar-refractivity contribution is 6.30. The molecule has 4 nitrogen and oxygen atoms in total. The lowest BCUT2D eigenvalue weighted by Crippen LogP contribution is -2.50. The number of para-hydroxylation sites is 1. The predicted molar refractivity (Wildman–Crippen MR) is 90.5 cm³/mol. The quantitative estimate of drug-likeness (QED) is 0.764. The van der Waals surface area contributed by atoms with Crippen molar-refractivity contribution in [3.8, 4) is 0 Å². The lowest BCUT2D eigenvalue weighted by molar-refractivity contribution is 0.0825. The van der Waals surface area contributed by atoms with Gasteiger partial charge >= 0.3 is 0 Å². The maximum atomic E-state index is 12.8. The Labute approximate surface area is 138 Å². The Morgan fingerprint density at radius 1 is 1.17 bits per heavy atom. The van der Waals surface area contributed by atoms with Gasteiger partial charge in [-0.05, 0) is 43.0 Å². The molecule has 0 spiro atoms. The fraction of sp³-hybridized carbons (Fsp3) is 0.222. The lowest BCUT2D eigenvalue weighted by atomic mass is 9.71. The molecule has 1 heterocycles. The van der Waals surface area contributed by atoms with E-state index in [9.17, 15) is 4.79 Å². The van der Waals surface area contributed by atoms with Crippen molar-refractivity contribution in [2.24, 2.45) is 0 Å². The Balaban J connectivity index is 1.67. The lowest BCUT2D eigenvalue weighted by Gasteiger charge is -2.43. The smallest absolute Gasteiger partial charge is 0.254 e. The minimum absolute atomic E-state index is 0.0745. The third-order valence-corrected chi connectivity index (χ3v) is 4.93. The summed E-state index contributed by atoms with van der Waals surface area (Å²) in [6, 6.07) is 13.4. The molecule has 1 aromatic heterocycles. The van der Waals surface area contributed by atoms with Crippen LogP contribution in [0.5, 0.6) is 0 Å². The third-order valence-electron chi connectivity index (χ3n) is 4.68. The Hall–Kier alpha value is -2.33. The van der Waals surface area contributed by atoms with Gasteiger partial charge in [0.05, 0.1) is 22.8 Å². The molecule has 23 heavy (non-hydrogen) atoms. The first-order valence-electron chi connectivity index (χ1n) is 7.69. The molecular formula is C18H16ClN3O. The van der Waals surface area contributed by atoms with Gasteiger partial charge in [0.2, 0.25) is 0 Å². The van der Waals surface area contributed by atoms with E-state index in [2.05, 4.69) is 15.5 Å². The maximum Gasteiger partial charge on any atom is 0.254 e. The van der Waals surface area contributed by atoms with Gasteiger partial charge in [-0.25, -0.2) is 0 Å². The number of aromatic amines is 1. The van der Waals surface area contributed by atoms with Crippen molar-refractivity contribution in [2.45, 2.75) is 24.8 Å². The second-order valence-corrected chi connectivity index (χ2v) is 6.47. The van der Waals surface area contributed by atoms with Crippen molar-refractivity contribution in [3.63, 3.8) is 0 Å². The van der Waals surface area contributed by atoms with Crippen molar-refractivity contribution in [1.82, 2.24) is 15.5 Å². The largest absolute Gasteiger partial charge is 0.342 e. The number of amides is 1. The number of carbonyl (C=O) groups is 1. The van der Waals surface area contributed by atoms with Gasteiger partial charge in [-0.2, -0.15) is 5.10 Å². The zero-order valence-corrected chi connectivity index (χ0v) is 13.2. The highest BCUT2D eigenvalue weighted by Gasteiger charge is 2.40. The zero-order chi connectivity index (χ0) is 15.9. The third kappa shape index (κ3) is 2.39. The second-order valence-electron chi connectivity index (χ2n) is 6.04. The molecule has 116 valence electrons. The fourth-order valence-electron chi connectivity index (χ4n) is 3.23. The van der Waals surface area contributed by atoms with Gasteiger partial charge < -0.3 is 5.32 Å². The van der Waals surface area contributed by atoms with Crippen LogP contribution in [-0.4, -0.2) is 16.1 Å². The van der Waals surface area contributed by atoms with Crippen molar-refractivity contribution in [2.75, 3.05) is 0 Å². The summed E-state index contributed by atoms with van der Waals surface area (Å²) in [5, 5.41) is 11.8. The van der Waals surface area contributed by atoms with Crippen LogP contribution >= 0.6 is 11.6 Å². The van der Waals surface area contributed by atoms with Crippen LogP contribution in [0.15, 0.2) is 48.7 Å². The average molecular weight is 326 g/mol. The molecular weight excluding hydrogens is 310 g/mol. The van der Waals surface area contributed by atoms with Crippen LogP contribution in [0.2, 0.25) is 5.02 Å². The number of carbonyl (C=O) groups excluding carboxylic acids is 1. The van der Waals surface area contributed by atoms with E-state index in [1.54, 1.807) is 6.20 Å². The minimum atomic E-state index is -0.288. The van der Waals surface area contributed by atoms with Gasteiger partial charge in [0.15, 0.2) is 0 Å². The molecule has 0 aliphatic heterocycles. The Kier molecular flexibility index (Phi) is 3.34. The maximum absolute atomic E-state index is 12.8. The number of hydrogen-bond acceptors (Lipinski definition) is 2. The van der Waals surface area contributed by atoms with E-state index in [0.29, 0.717) is 10.6 Å². The number of fused-ring (bicyclic) bond motifs is 1. The van der Waals surface area contributed by atoms with Crippen LogP contribution in [-0.2, 0) is 5.54 Å². The highest BCUT2D eigenvalue weighted by Crippen LogP contribution is 2.41. The van der Waals surface area contributed by atoms with Gasteiger partial charge in [0.25, 0.3) is 5.91 Å². The average Bonchev–Trinajstić information content (AvgIpc) is 3.00. The highest BCUT2D eigenvalue weighted by atomic mass is 35.5. The van der Waals surface area contributed by atoms with Gasteiger partial charge in [-0.3, -0.25) is 9.89 Å². The molecule has 2 aromatic carbocycles. The molecule has 0 radical (unpaired) electrons. The summed E-state index contributed by atoms with van der Waals surface area (Å²) in [6.07, 6.45) is 4.72. The summed E-state index contributed by atoms with van der Waals surface area (Å²) >= 11 is 5.98. The minimum Gasteiger partial charge on any atom is -0.342 e. The van der Waals surface area contributed by atoms with Crippen LogP contribution < -0.4 is 5.32 Å². The van der Waals surface area contributed by atoms with Crippen molar-refractivity contribution in [1.29, 1.82) is 0 Å². The number of hydrogen-bond donors (Lipinski definition) is 2. The zero-order valence-electron chi connectivity index (χ0n) is 12.5. The molecule has 3 aromatic rings. The van der Waals surface area contributed by atoms with E-state index < -0.39 is 0 Å². The summed E-state index contributed by atoms with van der Waals surface area (Å²) in [5.74, 6) is -0.0745. The summed E-state index contributed by atoms with van der Waals surface area (Å²) in [4.78, 5) is 12.8. The number of rotatable bonds is 3. The van der Waals surface area contributed by atoms with Crippen LogP contribution in [0.4, 0.5) is 0 Å². The Morgan fingerprint density at radius 3 is 2.65 bits per heavy atom. The van der Waals surface area contributed by atoms with Crippen LogP contribution in [0.1, 0.15) is 35.2 Å². The number of nitrogens with zero attached hydrogens (tertiary/aromatic N) is 1. The predicted octanol–water partition coefficient (Wildman–Crippen LogP) is 4.03. The molecule has 0 bridgehead atoms. The van der Waals surface area contributed by atoms with Gasteiger partial charge in [0.1, 0.15) is 0 Å². The molecule has 0 saturated heterocycles. The van der Waals surface area contributed by atoms with Crippen molar-refractivity contribution >= 4 is 28.4 Å². The topological polar surface area (TPSA) is 57.8 Å². The number of H-pyrrole nitrogens is 1. The van der Waals surface area contributed by atoms with E-state index in [4.69, 9.17) is 11.6 Å². The van der Waals surface area contributed by atoms with Crippen LogP contribution in [0.3, 0.4) is 0 Å². The van der Waals surface area contributed by atoms with Gasteiger partial charge in [-0.15, -0.1) is 0 Å². The van der Waals surface area contributed by atoms with E-state index in [0.717, 1.165) is 35.7 Å². The number of benzene rings is 2. The molecule has 1 saturated carbocycles. The van der Waals surface area contributed by atoms with E-state index in [1.165, 1.54) is 0 Å². The van der Waals surface area contributed by atoms with E-state index >= 15 is 0 Å². The van der Waals surface area contributed by atoms with Gasteiger partial charge in [-0.1, -0.05) is 35.9 Å². The monoisotopic (exact) mass is 325 g/mol. The van der Waals surface area contributed by atoms with E-state index in [1.807, 2.05) is 42.5 Å². The molecule has 1 fully saturated rings. The molecule has 4 rings (SSSR count). The summed E-state index contributed by atoms with van der Waals surface area (Å²) in [7, 11) is 0. The molecule has 1 aliphatic carbocycles. The first-order chi connectivity index (χ1) is 11.2. The Bertz CT molecular complexity index is 865. The standard InChI is InChI=1S/C18H16ClN3O/c19-14-7-5-13(6-8-14)18(9-2-10-18)21-17(23)15-4-1-3-12-11-20-22-16(12)15/h1,3-8,11H,2,9-10H2,(H,20,22)(H,21,23). The Morgan fingerprint density at radius 2 is 1.96 bits per heavy atom. The molecule has 1 aliphatic rings. The molecule has 2 N–H and O–H groups in total. The first-order valence-corrected chi connectivity index (χ1v) is 8.06. The van der Waals surface area contributed by atoms with Crippen LogP contribution in [0, 0.1) is 0 Å². The van der Waals surface area contributed by atoms with Crippen LogP contribution in [0.25, 0.3) is 10.9 Å². The summed E-state index contributed by atoms with van der Waals surface area (Å²) < 4.78 is 0. The first kappa shape index (κ1) is 14.3. The fourth-order valence-corrected chi connectivity index (χ4v) is 3.35. The molecule has 1 amide bonds. The number of aromatic nitrogens is 2. The van der Waals surface area contributed by atoms with Crippen molar-refractivity contribution < 1.29 is 4.79 Å². The van der Waals surface area contributed by atoms with Crippen molar-refractivity contribution in [3.05, 3.63) is 64.8 Å². The number of halogens is 1. The van der Waals surface area contributed by atoms with Gasteiger partial charge in [0, 0.05) is 10.4 Å². The number of nitrogens with one attached hydrogen (secondary N) is 2.